The average molecular weight is 430 g/mol. The van der Waals surface area contributed by atoms with E-state index < -0.39 is 5.60 Å². The lowest BCUT2D eigenvalue weighted by Crippen LogP contribution is -2.63. The van der Waals surface area contributed by atoms with Crippen LogP contribution in [0.1, 0.15) is 58.9 Å². The van der Waals surface area contributed by atoms with Crippen molar-refractivity contribution in [1.82, 2.24) is 9.80 Å². The SMILES string of the molecule is COc1ccc2c(c1)NC1C2C2(CCN(C(=O)OC(C)(C)C)CC2)CN(C(C)=O)[C@H]1C. The minimum Gasteiger partial charge on any atom is -0.497 e. The number of ether oxygens (including phenoxy) is 2. The van der Waals surface area contributed by atoms with Crippen molar-refractivity contribution in [2.75, 3.05) is 32.1 Å². The monoisotopic (exact) mass is 429 g/mol. The number of carbonyl (C=O) groups excluding carboxylic acids is 2. The van der Waals surface area contributed by atoms with E-state index in [2.05, 4.69) is 24.4 Å². The number of likely N-dealkylation sites (tertiary alicyclic amines) is 2. The predicted octanol–water partition coefficient (Wildman–Crippen LogP) is 3.84. The Labute approximate surface area is 185 Å². The highest BCUT2D eigenvalue weighted by atomic mass is 16.6. The molecule has 3 heterocycles. The van der Waals surface area contributed by atoms with Crippen molar-refractivity contribution in [2.24, 2.45) is 5.41 Å². The van der Waals surface area contributed by atoms with E-state index in [1.165, 1.54) is 5.56 Å². The van der Waals surface area contributed by atoms with E-state index in [1.807, 2.05) is 36.6 Å². The second kappa shape index (κ2) is 7.61. The molecule has 2 fully saturated rings. The third kappa shape index (κ3) is 3.83. The Morgan fingerprint density at radius 2 is 1.87 bits per heavy atom. The third-order valence-corrected chi connectivity index (χ3v) is 7.25. The quantitative estimate of drug-likeness (QED) is 0.734. The van der Waals surface area contributed by atoms with Gasteiger partial charge in [-0.1, -0.05) is 6.07 Å². The van der Waals surface area contributed by atoms with Crippen LogP contribution in [0.2, 0.25) is 0 Å². The zero-order chi connectivity index (χ0) is 22.6. The van der Waals surface area contributed by atoms with Crippen LogP contribution in [0.5, 0.6) is 5.75 Å². The number of hydrogen-bond acceptors (Lipinski definition) is 5. The molecule has 1 aromatic carbocycles. The molecule has 7 nitrogen and oxygen atoms in total. The maximum absolute atomic E-state index is 12.6. The Balaban J connectivity index is 1.63. The van der Waals surface area contributed by atoms with E-state index >= 15 is 0 Å². The maximum Gasteiger partial charge on any atom is 0.410 e. The molecule has 0 aromatic heterocycles. The standard InChI is InChI=1S/C24H35N3O4/c1-15-21-20(18-8-7-17(30-6)13-19(18)25-21)24(14-27(15)16(2)28)9-11-26(12-10-24)22(29)31-23(3,4)5/h7-8,13,15,20-21,25H,9-12,14H2,1-6H3/t15-,20?,21?/m0/s1. The molecule has 4 rings (SSSR count). The topological polar surface area (TPSA) is 71.1 Å². The second-order valence-electron chi connectivity index (χ2n) is 10.3. The summed E-state index contributed by atoms with van der Waals surface area (Å²) in [6.45, 7) is 11.5. The first-order valence-electron chi connectivity index (χ1n) is 11.2. The van der Waals surface area contributed by atoms with Gasteiger partial charge in [0.15, 0.2) is 0 Å². The van der Waals surface area contributed by atoms with Gasteiger partial charge in [0.1, 0.15) is 11.4 Å². The van der Waals surface area contributed by atoms with Gasteiger partial charge in [-0.2, -0.15) is 0 Å². The van der Waals surface area contributed by atoms with Crippen LogP contribution in [0.15, 0.2) is 18.2 Å². The van der Waals surface area contributed by atoms with Gasteiger partial charge < -0.3 is 24.6 Å². The zero-order valence-electron chi connectivity index (χ0n) is 19.5. The summed E-state index contributed by atoms with van der Waals surface area (Å²) in [5, 5.41) is 3.70. The van der Waals surface area contributed by atoms with E-state index in [4.69, 9.17) is 9.47 Å². The molecule has 170 valence electrons. The fraction of sp³-hybridized carbons (Fsp3) is 0.667. The van der Waals surface area contributed by atoms with Crippen molar-refractivity contribution in [1.29, 1.82) is 0 Å². The molecular formula is C24H35N3O4. The zero-order valence-corrected chi connectivity index (χ0v) is 19.5. The number of fused-ring (bicyclic) bond motifs is 4. The highest BCUT2D eigenvalue weighted by molar-refractivity contribution is 5.75. The minimum atomic E-state index is -0.504. The lowest BCUT2D eigenvalue weighted by Gasteiger charge is -2.55. The molecule has 2 amide bonds. The highest BCUT2D eigenvalue weighted by Gasteiger charge is 2.56. The van der Waals surface area contributed by atoms with Gasteiger partial charge in [-0.3, -0.25) is 4.79 Å². The van der Waals surface area contributed by atoms with E-state index in [1.54, 1.807) is 14.0 Å². The van der Waals surface area contributed by atoms with Crippen molar-refractivity contribution in [2.45, 2.75) is 71.1 Å². The predicted molar refractivity (Wildman–Crippen MR) is 119 cm³/mol. The van der Waals surface area contributed by atoms with Crippen molar-refractivity contribution >= 4 is 17.7 Å². The summed E-state index contributed by atoms with van der Waals surface area (Å²) < 4.78 is 11.0. The van der Waals surface area contributed by atoms with Crippen molar-refractivity contribution in [3.63, 3.8) is 0 Å². The van der Waals surface area contributed by atoms with Crippen molar-refractivity contribution < 1.29 is 19.1 Å². The molecular weight excluding hydrogens is 394 g/mol. The number of anilines is 1. The lowest BCUT2D eigenvalue weighted by molar-refractivity contribution is -0.138. The van der Waals surface area contributed by atoms with Crippen LogP contribution in [0.25, 0.3) is 0 Å². The Morgan fingerprint density at radius 1 is 1.19 bits per heavy atom. The maximum atomic E-state index is 12.6. The van der Waals surface area contributed by atoms with Gasteiger partial charge in [0.25, 0.3) is 0 Å². The molecule has 3 atom stereocenters. The molecule has 31 heavy (non-hydrogen) atoms. The lowest BCUT2D eigenvalue weighted by atomic mass is 9.61. The van der Waals surface area contributed by atoms with Gasteiger partial charge >= 0.3 is 6.09 Å². The molecule has 3 aliphatic heterocycles. The Kier molecular flexibility index (Phi) is 5.34. The van der Waals surface area contributed by atoms with Gasteiger partial charge in [-0.25, -0.2) is 4.79 Å². The molecule has 0 saturated carbocycles. The summed E-state index contributed by atoms with van der Waals surface area (Å²) in [6, 6.07) is 6.49. The molecule has 7 heteroatoms. The van der Waals surface area contributed by atoms with E-state index in [-0.39, 0.29) is 29.5 Å². The number of nitrogens with one attached hydrogen (secondary N) is 1. The Hall–Kier alpha value is -2.44. The first-order chi connectivity index (χ1) is 14.5. The number of benzene rings is 1. The average Bonchev–Trinajstić information content (AvgIpc) is 3.09. The second-order valence-corrected chi connectivity index (χ2v) is 10.3. The van der Waals surface area contributed by atoms with Gasteiger partial charge in [0, 0.05) is 55.7 Å². The summed E-state index contributed by atoms with van der Waals surface area (Å²) in [7, 11) is 1.68. The molecule has 3 aliphatic rings. The molecule has 1 aromatic rings. The Bertz CT molecular complexity index is 870. The number of amides is 2. The summed E-state index contributed by atoms with van der Waals surface area (Å²) in [5.41, 5.74) is 1.82. The van der Waals surface area contributed by atoms with Crippen molar-refractivity contribution in [3.05, 3.63) is 23.8 Å². The number of methoxy groups -OCH3 is 1. The van der Waals surface area contributed by atoms with Crippen LogP contribution < -0.4 is 10.1 Å². The van der Waals surface area contributed by atoms with E-state index in [0.717, 1.165) is 30.8 Å². The van der Waals surface area contributed by atoms with Crippen LogP contribution in [-0.2, 0) is 9.53 Å². The van der Waals surface area contributed by atoms with Crippen LogP contribution in [0.4, 0.5) is 10.5 Å². The fourth-order valence-corrected chi connectivity index (χ4v) is 5.73. The summed E-state index contributed by atoms with van der Waals surface area (Å²) in [4.78, 5) is 29.0. The number of carbonyl (C=O) groups is 2. The molecule has 1 N–H and O–H groups in total. The van der Waals surface area contributed by atoms with Gasteiger partial charge in [-0.05, 0) is 52.2 Å². The number of piperidine rings is 2. The molecule has 2 saturated heterocycles. The smallest absolute Gasteiger partial charge is 0.410 e. The van der Waals surface area contributed by atoms with Crippen LogP contribution >= 0.6 is 0 Å². The van der Waals surface area contributed by atoms with E-state index in [9.17, 15) is 9.59 Å². The molecule has 0 radical (unpaired) electrons. The fourth-order valence-electron chi connectivity index (χ4n) is 5.73. The van der Waals surface area contributed by atoms with Crippen LogP contribution in [-0.4, -0.2) is 66.2 Å². The van der Waals surface area contributed by atoms with Gasteiger partial charge in [-0.15, -0.1) is 0 Å². The normalized spacial score (nSPS) is 26.7. The number of nitrogens with zero attached hydrogens (tertiary/aromatic N) is 2. The highest BCUT2D eigenvalue weighted by Crippen LogP contribution is 2.56. The van der Waals surface area contributed by atoms with Crippen LogP contribution in [0, 0.1) is 5.41 Å². The van der Waals surface area contributed by atoms with Crippen LogP contribution in [0.3, 0.4) is 0 Å². The molecule has 0 bridgehead atoms. The summed E-state index contributed by atoms with van der Waals surface area (Å²) in [5.74, 6) is 1.23. The first kappa shape index (κ1) is 21.8. The molecule has 0 aliphatic carbocycles. The first-order valence-corrected chi connectivity index (χ1v) is 11.2. The number of hydrogen-bond donors (Lipinski definition) is 1. The molecule has 2 unspecified atom stereocenters. The minimum absolute atomic E-state index is 0.0752. The number of rotatable bonds is 1. The van der Waals surface area contributed by atoms with Gasteiger partial charge in [0.05, 0.1) is 13.2 Å². The van der Waals surface area contributed by atoms with Crippen molar-refractivity contribution in [3.8, 4) is 5.75 Å². The largest absolute Gasteiger partial charge is 0.497 e. The summed E-state index contributed by atoms with van der Waals surface area (Å²) in [6.07, 6.45) is 1.44. The van der Waals surface area contributed by atoms with E-state index in [0.29, 0.717) is 19.0 Å². The Morgan fingerprint density at radius 3 is 2.45 bits per heavy atom. The molecule has 1 spiro atoms. The summed E-state index contributed by atoms with van der Waals surface area (Å²) >= 11 is 0. The van der Waals surface area contributed by atoms with Gasteiger partial charge in [0.2, 0.25) is 5.91 Å². The third-order valence-electron chi connectivity index (χ3n) is 7.25.